The van der Waals surface area contributed by atoms with Gasteiger partial charge in [-0.25, -0.2) is 0 Å². The summed E-state index contributed by atoms with van der Waals surface area (Å²) in [7, 11) is 0. The zero-order valence-corrected chi connectivity index (χ0v) is 13.3. The van der Waals surface area contributed by atoms with Crippen molar-refractivity contribution in [3.63, 3.8) is 0 Å². The second-order valence-corrected chi connectivity index (χ2v) is 5.81. The molecule has 1 N–H and O–H groups in total. The van der Waals surface area contributed by atoms with Crippen molar-refractivity contribution in [3.05, 3.63) is 89.7 Å². The number of nitrogens with one attached hydrogen (secondary N) is 1. The molecule has 24 heavy (non-hydrogen) atoms. The fourth-order valence-electron chi connectivity index (χ4n) is 3.03. The molecule has 0 bridgehead atoms. The first-order chi connectivity index (χ1) is 11.7. The van der Waals surface area contributed by atoms with Crippen LogP contribution < -0.4 is 10.2 Å². The Morgan fingerprint density at radius 1 is 0.917 bits per heavy atom. The number of hydrogen-bond acceptors (Lipinski definition) is 3. The molecule has 0 aliphatic carbocycles. The summed E-state index contributed by atoms with van der Waals surface area (Å²) in [5.74, 6) is -0.0242. The molecule has 0 unspecified atom stereocenters. The predicted molar refractivity (Wildman–Crippen MR) is 95.0 cm³/mol. The third-order valence-corrected chi connectivity index (χ3v) is 4.15. The highest BCUT2D eigenvalue weighted by atomic mass is 16.2. The van der Waals surface area contributed by atoms with Gasteiger partial charge in [0.1, 0.15) is 0 Å². The average Bonchev–Trinajstić information content (AvgIpc) is 2.62. The molecule has 4 nitrogen and oxygen atoms in total. The van der Waals surface area contributed by atoms with Gasteiger partial charge in [0, 0.05) is 17.1 Å². The lowest BCUT2D eigenvalue weighted by atomic mass is 10.0. The van der Waals surface area contributed by atoms with Gasteiger partial charge in [0.05, 0.1) is 11.3 Å². The first kappa shape index (κ1) is 14.5. The van der Waals surface area contributed by atoms with Crippen LogP contribution in [0.4, 0.5) is 11.4 Å². The van der Waals surface area contributed by atoms with Crippen LogP contribution in [0.3, 0.4) is 0 Å². The van der Waals surface area contributed by atoms with Crippen molar-refractivity contribution >= 4 is 17.3 Å². The number of hydrogen-bond donors (Lipinski definition) is 1. The molecule has 0 spiro atoms. The molecule has 3 aromatic rings. The number of benzene rings is 2. The Morgan fingerprint density at radius 3 is 2.46 bits per heavy atom. The highest BCUT2D eigenvalue weighted by Crippen LogP contribution is 2.35. The summed E-state index contributed by atoms with van der Waals surface area (Å²) in [6, 6.07) is 23.1. The fraction of sp³-hybridized carbons (Fsp3) is 0.100. The number of pyridine rings is 1. The highest BCUT2D eigenvalue weighted by molar-refractivity contribution is 6.12. The van der Waals surface area contributed by atoms with Crippen molar-refractivity contribution in [2.45, 2.75) is 13.1 Å². The van der Waals surface area contributed by atoms with Crippen molar-refractivity contribution in [2.75, 3.05) is 10.2 Å². The van der Waals surface area contributed by atoms with E-state index in [9.17, 15) is 4.79 Å². The molecule has 4 heteroatoms. The summed E-state index contributed by atoms with van der Waals surface area (Å²) in [6.07, 6.45) is -0.338. The van der Waals surface area contributed by atoms with Crippen LogP contribution in [0.5, 0.6) is 0 Å². The SMILES string of the molecule is Cc1cccc([C@@H]2Nc3ccccc3C(=O)N2c2ccccc2)n1. The van der Waals surface area contributed by atoms with E-state index in [1.54, 1.807) is 4.90 Å². The van der Waals surface area contributed by atoms with Crippen LogP contribution >= 0.6 is 0 Å². The van der Waals surface area contributed by atoms with Gasteiger partial charge in [0.15, 0.2) is 6.17 Å². The number of aromatic nitrogens is 1. The summed E-state index contributed by atoms with van der Waals surface area (Å²) in [5, 5.41) is 3.46. The van der Waals surface area contributed by atoms with Crippen LogP contribution in [-0.2, 0) is 0 Å². The van der Waals surface area contributed by atoms with Crippen molar-refractivity contribution < 1.29 is 4.79 Å². The lowest BCUT2D eigenvalue weighted by Gasteiger charge is -2.37. The van der Waals surface area contributed by atoms with Gasteiger partial charge in [-0.2, -0.15) is 0 Å². The molecule has 0 saturated carbocycles. The van der Waals surface area contributed by atoms with Crippen LogP contribution in [-0.4, -0.2) is 10.9 Å². The van der Waals surface area contributed by atoms with E-state index in [0.29, 0.717) is 5.56 Å². The quantitative estimate of drug-likeness (QED) is 0.772. The van der Waals surface area contributed by atoms with Crippen LogP contribution in [0, 0.1) is 6.92 Å². The molecule has 4 rings (SSSR count). The number of fused-ring (bicyclic) bond motifs is 1. The van der Waals surface area contributed by atoms with Crippen LogP contribution in [0.1, 0.15) is 27.9 Å². The van der Waals surface area contributed by atoms with Gasteiger partial charge < -0.3 is 5.32 Å². The molecule has 0 radical (unpaired) electrons. The maximum Gasteiger partial charge on any atom is 0.262 e. The number of carbonyl (C=O) groups excluding carboxylic acids is 1. The van der Waals surface area contributed by atoms with E-state index >= 15 is 0 Å². The van der Waals surface area contributed by atoms with E-state index in [0.717, 1.165) is 22.8 Å². The molecule has 1 aliphatic rings. The first-order valence-electron chi connectivity index (χ1n) is 7.92. The summed E-state index contributed by atoms with van der Waals surface area (Å²) in [5.41, 5.74) is 4.10. The number of carbonyl (C=O) groups is 1. The Balaban J connectivity index is 1.87. The molecule has 0 saturated heterocycles. The monoisotopic (exact) mass is 315 g/mol. The van der Waals surface area contributed by atoms with Crippen molar-refractivity contribution in [1.29, 1.82) is 0 Å². The van der Waals surface area contributed by atoms with E-state index < -0.39 is 0 Å². The van der Waals surface area contributed by atoms with Gasteiger partial charge in [0.2, 0.25) is 0 Å². The smallest absolute Gasteiger partial charge is 0.262 e. The van der Waals surface area contributed by atoms with Crippen LogP contribution in [0.15, 0.2) is 72.8 Å². The standard InChI is InChI=1S/C20H17N3O/c1-14-8-7-13-18(21-14)19-22-17-12-6-5-11-16(17)20(24)23(19)15-9-3-2-4-10-15/h2-13,19,22H,1H3/t19-/m1/s1. The van der Waals surface area contributed by atoms with E-state index in [2.05, 4.69) is 10.3 Å². The van der Waals surface area contributed by atoms with E-state index in [1.165, 1.54) is 0 Å². The minimum Gasteiger partial charge on any atom is -0.359 e. The number of anilines is 2. The third kappa shape index (κ3) is 2.42. The zero-order chi connectivity index (χ0) is 16.5. The minimum atomic E-state index is -0.338. The lowest BCUT2D eigenvalue weighted by molar-refractivity contribution is 0.0974. The van der Waals surface area contributed by atoms with Crippen molar-refractivity contribution in [1.82, 2.24) is 4.98 Å². The number of para-hydroxylation sites is 2. The average molecular weight is 315 g/mol. The predicted octanol–water partition coefficient (Wildman–Crippen LogP) is 4.16. The van der Waals surface area contributed by atoms with Gasteiger partial charge in [-0.15, -0.1) is 0 Å². The Labute approximate surface area is 140 Å². The highest BCUT2D eigenvalue weighted by Gasteiger charge is 2.34. The van der Waals surface area contributed by atoms with Crippen LogP contribution in [0.2, 0.25) is 0 Å². The maximum absolute atomic E-state index is 13.1. The minimum absolute atomic E-state index is 0.0242. The number of amides is 1. The van der Waals surface area contributed by atoms with Gasteiger partial charge in [-0.3, -0.25) is 14.7 Å². The summed E-state index contributed by atoms with van der Waals surface area (Å²) in [4.78, 5) is 19.5. The Morgan fingerprint density at radius 2 is 1.67 bits per heavy atom. The largest absolute Gasteiger partial charge is 0.359 e. The lowest BCUT2D eigenvalue weighted by Crippen LogP contribution is -2.43. The number of nitrogens with zero attached hydrogens (tertiary/aromatic N) is 2. The first-order valence-corrected chi connectivity index (χ1v) is 7.92. The molecule has 2 heterocycles. The van der Waals surface area contributed by atoms with Gasteiger partial charge in [-0.05, 0) is 43.3 Å². The summed E-state index contributed by atoms with van der Waals surface area (Å²) >= 11 is 0. The molecule has 1 aliphatic heterocycles. The van der Waals surface area contributed by atoms with E-state index in [4.69, 9.17) is 0 Å². The third-order valence-electron chi connectivity index (χ3n) is 4.15. The van der Waals surface area contributed by atoms with Gasteiger partial charge in [-0.1, -0.05) is 36.4 Å². The molecular formula is C20H17N3O. The molecular weight excluding hydrogens is 298 g/mol. The Bertz CT molecular complexity index is 892. The topological polar surface area (TPSA) is 45.2 Å². The van der Waals surface area contributed by atoms with Crippen LogP contribution in [0.25, 0.3) is 0 Å². The molecule has 1 atom stereocenters. The fourth-order valence-corrected chi connectivity index (χ4v) is 3.03. The van der Waals surface area contributed by atoms with Crippen molar-refractivity contribution in [2.24, 2.45) is 0 Å². The van der Waals surface area contributed by atoms with Gasteiger partial charge in [0.25, 0.3) is 5.91 Å². The Hall–Kier alpha value is -3.14. The zero-order valence-electron chi connectivity index (χ0n) is 13.3. The number of aryl methyl sites for hydroxylation is 1. The summed E-state index contributed by atoms with van der Waals surface area (Å²) < 4.78 is 0. The summed E-state index contributed by atoms with van der Waals surface area (Å²) in [6.45, 7) is 1.95. The Kier molecular flexibility index (Phi) is 3.50. The van der Waals surface area contributed by atoms with E-state index in [-0.39, 0.29) is 12.1 Å². The van der Waals surface area contributed by atoms with Gasteiger partial charge >= 0.3 is 0 Å². The number of rotatable bonds is 2. The van der Waals surface area contributed by atoms with E-state index in [1.807, 2.05) is 79.7 Å². The second kappa shape index (κ2) is 5.81. The second-order valence-electron chi connectivity index (χ2n) is 5.81. The molecule has 2 aromatic carbocycles. The molecule has 1 aromatic heterocycles. The molecule has 1 amide bonds. The molecule has 118 valence electrons. The molecule has 0 fully saturated rings. The van der Waals surface area contributed by atoms with Crippen molar-refractivity contribution in [3.8, 4) is 0 Å². The maximum atomic E-state index is 13.1. The normalized spacial score (nSPS) is 16.5.